The predicted octanol–water partition coefficient (Wildman–Crippen LogP) is 2.74. The van der Waals surface area contributed by atoms with Crippen LogP contribution in [0.4, 0.5) is 4.39 Å². The predicted molar refractivity (Wildman–Crippen MR) is 71.0 cm³/mol. The molecule has 2 atom stereocenters. The summed E-state index contributed by atoms with van der Waals surface area (Å²) in [6.45, 7) is 3.61. The summed E-state index contributed by atoms with van der Waals surface area (Å²) in [7, 11) is 0. The Morgan fingerprint density at radius 2 is 2.42 bits per heavy atom. The van der Waals surface area contributed by atoms with E-state index in [2.05, 4.69) is 12.2 Å². The summed E-state index contributed by atoms with van der Waals surface area (Å²) in [5.41, 5.74) is 1.03. The van der Waals surface area contributed by atoms with Crippen molar-refractivity contribution in [2.24, 2.45) is 0 Å². The Morgan fingerprint density at radius 1 is 1.58 bits per heavy atom. The molecule has 1 heterocycles. The van der Waals surface area contributed by atoms with Crippen molar-refractivity contribution >= 4 is 0 Å². The third-order valence-electron chi connectivity index (χ3n) is 3.57. The van der Waals surface area contributed by atoms with Crippen LogP contribution in [0.1, 0.15) is 37.3 Å². The lowest BCUT2D eigenvalue weighted by Crippen LogP contribution is -2.38. The van der Waals surface area contributed by atoms with Gasteiger partial charge in [0.25, 0.3) is 0 Å². The van der Waals surface area contributed by atoms with Crippen molar-refractivity contribution in [1.82, 2.24) is 5.32 Å². The fourth-order valence-electron chi connectivity index (χ4n) is 2.48. The minimum absolute atomic E-state index is 0.101. The van der Waals surface area contributed by atoms with Crippen LogP contribution in [0.2, 0.25) is 0 Å². The Hall–Kier alpha value is -1.44. The molecule has 0 radical (unpaired) electrons. The van der Waals surface area contributed by atoms with Crippen LogP contribution in [-0.2, 0) is 11.3 Å². The van der Waals surface area contributed by atoms with Gasteiger partial charge in [-0.25, -0.2) is 4.39 Å². The molecule has 1 aliphatic rings. The summed E-state index contributed by atoms with van der Waals surface area (Å²) < 4.78 is 18.9. The van der Waals surface area contributed by atoms with Crippen LogP contribution in [0.3, 0.4) is 0 Å². The van der Waals surface area contributed by atoms with Gasteiger partial charge in [-0.15, -0.1) is 0 Å². The number of ether oxygens (including phenoxy) is 1. The average molecular weight is 262 g/mol. The fraction of sp³-hybridized carbons (Fsp3) is 0.533. The summed E-state index contributed by atoms with van der Waals surface area (Å²) in [6, 6.07) is 6.85. The molecule has 1 aliphatic heterocycles. The highest BCUT2D eigenvalue weighted by Crippen LogP contribution is 2.18. The van der Waals surface area contributed by atoms with Crippen LogP contribution in [0.25, 0.3) is 0 Å². The van der Waals surface area contributed by atoms with Gasteiger partial charge in [0.2, 0.25) is 0 Å². The summed E-state index contributed by atoms with van der Waals surface area (Å²) in [5, 5.41) is 12.3. The van der Waals surface area contributed by atoms with Gasteiger partial charge in [-0.1, -0.05) is 13.0 Å². The molecular weight excluding hydrogens is 243 g/mol. The van der Waals surface area contributed by atoms with E-state index in [4.69, 9.17) is 10.00 Å². The normalized spacial score (nSPS) is 20.2. The van der Waals surface area contributed by atoms with Crippen molar-refractivity contribution in [1.29, 1.82) is 5.26 Å². The van der Waals surface area contributed by atoms with E-state index in [1.54, 1.807) is 12.1 Å². The number of nitrogens with zero attached hydrogens (tertiary/aromatic N) is 1. The summed E-state index contributed by atoms with van der Waals surface area (Å²) in [4.78, 5) is 0. The van der Waals surface area contributed by atoms with Crippen LogP contribution < -0.4 is 5.32 Å². The summed E-state index contributed by atoms with van der Waals surface area (Å²) >= 11 is 0. The van der Waals surface area contributed by atoms with Crippen LogP contribution in [-0.4, -0.2) is 18.8 Å². The zero-order valence-electron chi connectivity index (χ0n) is 11.2. The first-order valence-corrected chi connectivity index (χ1v) is 6.78. The molecule has 1 aromatic rings. The zero-order valence-corrected chi connectivity index (χ0v) is 11.2. The highest BCUT2D eigenvalue weighted by molar-refractivity contribution is 5.34. The van der Waals surface area contributed by atoms with Crippen molar-refractivity contribution in [3.63, 3.8) is 0 Å². The third-order valence-corrected chi connectivity index (χ3v) is 3.57. The Balaban J connectivity index is 1.95. The van der Waals surface area contributed by atoms with E-state index in [-0.39, 0.29) is 11.7 Å². The van der Waals surface area contributed by atoms with E-state index in [1.807, 2.05) is 6.07 Å². The van der Waals surface area contributed by atoms with E-state index in [0.717, 1.165) is 31.4 Å². The van der Waals surface area contributed by atoms with Crippen LogP contribution in [0.15, 0.2) is 18.2 Å². The molecule has 0 spiro atoms. The summed E-state index contributed by atoms with van der Waals surface area (Å²) in [5.74, 6) is -0.461. The van der Waals surface area contributed by atoms with Crippen molar-refractivity contribution in [2.75, 3.05) is 6.61 Å². The maximum absolute atomic E-state index is 13.2. The maximum atomic E-state index is 13.2. The molecule has 1 aromatic carbocycles. The topological polar surface area (TPSA) is 45.0 Å². The second-order valence-electron chi connectivity index (χ2n) is 4.87. The molecule has 0 bridgehead atoms. The number of hydrogen-bond acceptors (Lipinski definition) is 3. The van der Waals surface area contributed by atoms with Gasteiger partial charge >= 0.3 is 0 Å². The second-order valence-corrected chi connectivity index (χ2v) is 4.87. The minimum atomic E-state index is -0.461. The number of nitrogens with one attached hydrogen (secondary N) is 1. The quantitative estimate of drug-likeness (QED) is 0.887. The zero-order chi connectivity index (χ0) is 13.7. The van der Waals surface area contributed by atoms with Crippen LogP contribution in [0, 0.1) is 17.1 Å². The molecule has 0 saturated carbocycles. The fourth-order valence-corrected chi connectivity index (χ4v) is 2.48. The average Bonchev–Trinajstić information content (AvgIpc) is 2.95. The van der Waals surface area contributed by atoms with Gasteiger partial charge < -0.3 is 10.1 Å². The highest BCUT2D eigenvalue weighted by Gasteiger charge is 2.23. The Labute approximate surface area is 113 Å². The number of halogens is 1. The Kier molecular flexibility index (Phi) is 4.89. The lowest BCUT2D eigenvalue weighted by molar-refractivity contribution is 0.0765. The number of nitriles is 1. The van der Waals surface area contributed by atoms with Crippen molar-refractivity contribution in [3.8, 4) is 6.07 Å². The molecular formula is C15H19FN2O. The first-order valence-electron chi connectivity index (χ1n) is 6.78. The molecule has 102 valence electrons. The van der Waals surface area contributed by atoms with Gasteiger partial charge in [-0.05, 0) is 37.0 Å². The Morgan fingerprint density at radius 3 is 3.05 bits per heavy atom. The van der Waals surface area contributed by atoms with Crippen molar-refractivity contribution < 1.29 is 9.13 Å². The van der Waals surface area contributed by atoms with Crippen LogP contribution >= 0.6 is 0 Å². The van der Waals surface area contributed by atoms with Crippen molar-refractivity contribution in [2.45, 2.75) is 44.9 Å². The maximum Gasteiger partial charge on any atom is 0.140 e. The van der Waals surface area contributed by atoms with Gasteiger partial charge in [0, 0.05) is 19.2 Å². The molecule has 0 unspecified atom stereocenters. The molecule has 2 rings (SSSR count). The molecule has 19 heavy (non-hydrogen) atoms. The molecule has 0 amide bonds. The monoisotopic (exact) mass is 262 g/mol. The smallest absolute Gasteiger partial charge is 0.140 e. The van der Waals surface area contributed by atoms with Crippen LogP contribution in [0.5, 0.6) is 0 Å². The molecule has 4 heteroatoms. The van der Waals surface area contributed by atoms with E-state index in [9.17, 15) is 4.39 Å². The first-order chi connectivity index (χ1) is 9.24. The molecule has 3 nitrogen and oxygen atoms in total. The van der Waals surface area contributed by atoms with E-state index in [0.29, 0.717) is 12.6 Å². The number of benzene rings is 1. The van der Waals surface area contributed by atoms with E-state index in [1.165, 1.54) is 6.07 Å². The van der Waals surface area contributed by atoms with Crippen molar-refractivity contribution in [3.05, 3.63) is 35.1 Å². The van der Waals surface area contributed by atoms with Gasteiger partial charge in [-0.2, -0.15) is 5.26 Å². The Bertz CT molecular complexity index is 464. The lowest BCUT2D eigenvalue weighted by atomic mass is 10.0. The molecule has 0 aliphatic carbocycles. The second kappa shape index (κ2) is 6.65. The van der Waals surface area contributed by atoms with E-state index >= 15 is 0 Å². The van der Waals surface area contributed by atoms with Gasteiger partial charge in [-0.3, -0.25) is 0 Å². The van der Waals surface area contributed by atoms with E-state index < -0.39 is 5.82 Å². The molecule has 1 N–H and O–H groups in total. The van der Waals surface area contributed by atoms with Gasteiger partial charge in [0.15, 0.2) is 0 Å². The largest absolute Gasteiger partial charge is 0.377 e. The number of rotatable bonds is 5. The standard InChI is InChI=1S/C15H19FN2O/c1-2-14(15-4-3-7-19-15)18-10-11-5-6-13(16)12(8-11)9-17/h5-6,8,14-15,18H,2-4,7,10H2,1H3/t14-,15+/m0/s1. The molecule has 1 saturated heterocycles. The first kappa shape index (κ1) is 14.0. The van der Waals surface area contributed by atoms with Gasteiger partial charge in [0.05, 0.1) is 11.7 Å². The highest BCUT2D eigenvalue weighted by atomic mass is 19.1. The van der Waals surface area contributed by atoms with Gasteiger partial charge in [0.1, 0.15) is 11.9 Å². The summed E-state index contributed by atoms with van der Waals surface area (Å²) in [6.07, 6.45) is 3.49. The minimum Gasteiger partial charge on any atom is -0.377 e. The SMILES string of the molecule is CC[C@H](NCc1ccc(F)c(C#N)c1)[C@H]1CCCO1. The lowest BCUT2D eigenvalue weighted by Gasteiger charge is -2.23. The third kappa shape index (κ3) is 3.52. The molecule has 1 fully saturated rings. The molecule has 0 aromatic heterocycles. The number of hydrogen-bond donors (Lipinski definition) is 1.